The van der Waals surface area contributed by atoms with Crippen LogP contribution in [0.4, 0.5) is 13.2 Å². The fourth-order valence-corrected chi connectivity index (χ4v) is 13.6. The van der Waals surface area contributed by atoms with Crippen molar-refractivity contribution in [1.82, 2.24) is 73.3 Å². The van der Waals surface area contributed by atoms with Crippen LogP contribution >= 0.6 is 0 Å². The molecule has 0 atom stereocenters. The summed E-state index contributed by atoms with van der Waals surface area (Å²) in [4.78, 5) is 65.0. The van der Waals surface area contributed by atoms with Gasteiger partial charge in [0, 0.05) is 95.7 Å². The van der Waals surface area contributed by atoms with Crippen molar-refractivity contribution in [3.63, 3.8) is 0 Å². The van der Waals surface area contributed by atoms with E-state index in [0.717, 1.165) is 184 Å². The van der Waals surface area contributed by atoms with Gasteiger partial charge in [-0.1, -0.05) is 72.8 Å². The van der Waals surface area contributed by atoms with E-state index in [1.807, 2.05) is 54.6 Å². The topological polar surface area (TPSA) is 243 Å². The van der Waals surface area contributed by atoms with Crippen LogP contribution in [0.15, 0.2) is 201 Å². The van der Waals surface area contributed by atoms with Gasteiger partial charge >= 0.3 is 30.0 Å². The zero-order valence-electron chi connectivity index (χ0n) is 58.5. The number of hydrogen-bond acceptors (Lipinski definition) is 17. The van der Waals surface area contributed by atoms with Crippen LogP contribution in [-0.4, -0.2) is 174 Å². The predicted molar refractivity (Wildman–Crippen MR) is 392 cm³/mol. The first kappa shape index (κ1) is 73.7. The van der Waals surface area contributed by atoms with Crippen LogP contribution in [0, 0.1) is 35.2 Å². The van der Waals surface area contributed by atoms with Crippen LogP contribution in [0.5, 0.6) is 18.0 Å². The zero-order chi connectivity index (χ0) is 72.5. The summed E-state index contributed by atoms with van der Waals surface area (Å²) in [5, 5.41) is 14.8. The first-order valence-electron chi connectivity index (χ1n) is 35.8. The number of halogens is 3. The highest BCUT2D eigenvalue weighted by molar-refractivity contribution is 6.27. The number of aliphatic carboxylic acids is 2. The lowest BCUT2D eigenvalue weighted by Crippen LogP contribution is -2.37. The minimum absolute atomic E-state index is 0.206. The predicted octanol–water partition coefficient (Wildman–Crippen LogP) is 12.2. The normalized spacial score (nSPS) is 14.7. The Bertz CT molecular complexity index is 4190. The van der Waals surface area contributed by atoms with Crippen LogP contribution < -0.4 is 14.2 Å². The van der Waals surface area contributed by atoms with E-state index in [4.69, 9.17) is 49.0 Å². The number of piperidine rings is 3. The molecular weight excluding hydrogens is 1340 g/mol. The van der Waals surface area contributed by atoms with E-state index in [9.17, 15) is 13.2 Å². The number of ether oxygens (including phenoxy) is 3. The summed E-state index contributed by atoms with van der Waals surface area (Å²) < 4.78 is 63.9. The molecule has 0 spiro atoms. The number of hydrogen-bond donors (Lipinski definition) is 2. The van der Waals surface area contributed by atoms with Crippen molar-refractivity contribution in [2.24, 2.45) is 17.8 Å². The Balaban J connectivity index is 0.000000142. The number of benzene rings is 6. The SMILES string of the molecule is Fc1ccc(Cn2c(CC3CCN(CCOc4ncccn4)CC3)nc3ccccc32)cc1.Fc1ccc(Cn2c(CC3CCN(CCOc4ncccn4)CC3)nc3ccccc32)cc1.Fc1ccc(Cn2c(CC3CCN(CCOc4ncccn4)CC3)nc3ccccc32)cc1.O=C(O)C(=O)O. The third kappa shape index (κ3) is 21.8. The van der Waals surface area contributed by atoms with E-state index in [1.54, 1.807) is 55.4 Å². The molecule has 105 heavy (non-hydrogen) atoms. The Morgan fingerprint density at radius 2 is 0.600 bits per heavy atom. The van der Waals surface area contributed by atoms with Gasteiger partial charge in [0.1, 0.15) is 54.7 Å². The van der Waals surface area contributed by atoms with E-state index in [0.29, 0.717) is 75.2 Å². The molecule has 0 bridgehead atoms. The maximum absolute atomic E-state index is 13.4. The first-order valence-corrected chi connectivity index (χ1v) is 35.8. The summed E-state index contributed by atoms with van der Waals surface area (Å²) in [6.07, 6.45) is 19.9. The monoisotopic (exact) mass is 1430 g/mol. The van der Waals surface area contributed by atoms with Gasteiger partial charge in [0.05, 0.1) is 33.1 Å². The molecule has 0 amide bonds. The smallest absolute Gasteiger partial charge is 0.414 e. The van der Waals surface area contributed by atoms with Gasteiger partial charge in [0.2, 0.25) is 0 Å². The van der Waals surface area contributed by atoms with Crippen molar-refractivity contribution in [3.8, 4) is 18.0 Å². The minimum atomic E-state index is -1.82. The van der Waals surface area contributed by atoms with Crippen molar-refractivity contribution in [3.05, 3.63) is 253 Å². The largest absolute Gasteiger partial charge is 0.473 e. The molecular formula is C80H86F3N15O7. The average Bonchev–Trinajstić information content (AvgIpc) is 1.66. The molecule has 6 aromatic carbocycles. The molecule has 3 aliphatic rings. The molecule has 2 N–H and O–H groups in total. The van der Waals surface area contributed by atoms with Gasteiger partial charge in [-0.15, -0.1) is 0 Å². The number of carboxylic acid groups (broad SMARTS) is 2. The van der Waals surface area contributed by atoms with Crippen molar-refractivity contribution in [2.45, 2.75) is 77.4 Å². The van der Waals surface area contributed by atoms with E-state index in [1.165, 1.54) is 36.4 Å². The van der Waals surface area contributed by atoms with Gasteiger partial charge < -0.3 is 38.1 Å². The number of carbonyl (C=O) groups is 2. The van der Waals surface area contributed by atoms with Gasteiger partial charge in [-0.3, -0.25) is 14.7 Å². The Hall–Kier alpha value is -11.0. The third-order valence-corrected chi connectivity index (χ3v) is 19.2. The van der Waals surface area contributed by atoms with Gasteiger partial charge in [0.15, 0.2) is 0 Å². The third-order valence-electron chi connectivity index (χ3n) is 19.2. The van der Waals surface area contributed by atoms with Crippen molar-refractivity contribution < 1.29 is 47.2 Å². The molecule has 0 radical (unpaired) electrons. The van der Waals surface area contributed by atoms with E-state index < -0.39 is 11.9 Å². The molecule has 3 fully saturated rings. The van der Waals surface area contributed by atoms with Crippen LogP contribution in [0.25, 0.3) is 33.1 Å². The van der Waals surface area contributed by atoms with Crippen molar-refractivity contribution in [1.29, 1.82) is 0 Å². The number of nitrogens with zero attached hydrogens (tertiary/aromatic N) is 15. The second kappa shape index (κ2) is 37.4. The van der Waals surface area contributed by atoms with E-state index in [-0.39, 0.29) is 17.5 Å². The van der Waals surface area contributed by atoms with Gasteiger partial charge in [-0.25, -0.2) is 67.6 Å². The van der Waals surface area contributed by atoms with Crippen molar-refractivity contribution in [2.75, 3.05) is 78.7 Å². The van der Waals surface area contributed by atoms with Crippen LogP contribution in [0.2, 0.25) is 0 Å². The lowest BCUT2D eigenvalue weighted by Gasteiger charge is -2.31. The number of imidazole rings is 3. The summed E-state index contributed by atoms with van der Waals surface area (Å²) in [5.41, 5.74) is 9.71. The second-order valence-electron chi connectivity index (χ2n) is 26.4. The Labute approximate surface area is 607 Å². The van der Waals surface area contributed by atoms with Crippen molar-refractivity contribution >= 4 is 45.0 Å². The first-order chi connectivity index (χ1) is 51.4. The lowest BCUT2D eigenvalue weighted by atomic mass is 9.93. The maximum atomic E-state index is 13.4. The quantitative estimate of drug-likeness (QED) is 0.0534. The number of rotatable bonds is 24. The minimum Gasteiger partial charge on any atom is -0.473 e. The summed E-state index contributed by atoms with van der Waals surface area (Å²) >= 11 is 0. The molecule has 3 saturated heterocycles. The van der Waals surface area contributed by atoms with Gasteiger partial charge in [-0.05, 0) is 203 Å². The number of para-hydroxylation sites is 6. The lowest BCUT2D eigenvalue weighted by molar-refractivity contribution is -0.159. The van der Waals surface area contributed by atoms with Crippen LogP contribution in [0.3, 0.4) is 0 Å². The fourth-order valence-electron chi connectivity index (χ4n) is 13.6. The van der Waals surface area contributed by atoms with Gasteiger partial charge in [-0.2, -0.15) is 0 Å². The Morgan fingerprint density at radius 1 is 0.352 bits per heavy atom. The molecule has 3 aliphatic heterocycles. The highest BCUT2D eigenvalue weighted by Gasteiger charge is 2.26. The molecule has 6 aromatic heterocycles. The molecule has 15 rings (SSSR count). The maximum Gasteiger partial charge on any atom is 0.414 e. The fraction of sp³-hybridized carbons (Fsp3) is 0.338. The average molecular weight is 1430 g/mol. The second-order valence-corrected chi connectivity index (χ2v) is 26.4. The summed E-state index contributed by atoms with van der Waals surface area (Å²) in [5.74, 6) is 0.879. The Morgan fingerprint density at radius 3 is 0.848 bits per heavy atom. The molecule has 12 aromatic rings. The molecule has 0 aliphatic carbocycles. The zero-order valence-corrected chi connectivity index (χ0v) is 58.5. The summed E-state index contributed by atoms with van der Waals surface area (Å²) in [7, 11) is 0. The molecule has 0 unspecified atom stereocenters. The molecule has 544 valence electrons. The molecule has 9 heterocycles. The number of carboxylic acids is 2. The summed E-state index contributed by atoms with van der Waals surface area (Å²) in [6.45, 7) is 12.9. The standard InChI is InChI=1S/3C26H28FN5O.C2H2O4/c3*27-22-8-6-21(7-9-22)19-32-24-5-2-1-4-23(24)30-25(32)18-20-10-14-31(15-11-20)16-17-33-26-28-12-3-13-29-26;3-1(4)2(5)6/h3*1-9,12-13,20H,10-11,14-19H2;(H,3,4)(H,5,6). The molecule has 0 saturated carbocycles. The summed E-state index contributed by atoms with van der Waals surface area (Å²) in [6, 6.07) is 51.8. The Kier molecular flexibility index (Phi) is 26.3. The number of likely N-dealkylation sites (tertiary alicyclic amines) is 3. The van der Waals surface area contributed by atoms with E-state index in [2.05, 4.69) is 113 Å². The molecule has 22 nitrogen and oxygen atoms in total. The highest BCUT2D eigenvalue weighted by atomic mass is 19.1. The van der Waals surface area contributed by atoms with Crippen LogP contribution in [0.1, 0.15) is 72.7 Å². The van der Waals surface area contributed by atoms with Gasteiger partial charge in [0.25, 0.3) is 0 Å². The number of aromatic nitrogens is 12. The van der Waals surface area contributed by atoms with E-state index >= 15 is 0 Å². The highest BCUT2D eigenvalue weighted by Crippen LogP contribution is 2.30. The molecule has 25 heteroatoms. The van der Waals surface area contributed by atoms with Crippen LogP contribution in [-0.2, 0) is 48.5 Å². The number of fused-ring (bicyclic) bond motifs is 3.